The lowest BCUT2D eigenvalue weighted by atomic mass is 10.1. The molecule has 1 aromatic heterocycles. The van der Waals surface area contributed by atoms with Gasteiger partial charge in [-0.05, 0) is 37.0 Å². The highest BCUT2D eigenvalue weighted by Gasteiger charge is 2.26. The van der Waals surface area contributed by atoms with Crippen LogP contribution in [0.1, 0.15) is 60.1 Å². The molecule has 0 atom stereocenters. The SMILES string of the molecule is CCCC(=NNC(=O)c1cc(C2CC2)nc2ccccc12)c1ccccc1. The quantitative estimate of drug-likeness (QED) is 0.496. The van der Waals surface area contributed by atoms with Gasteiger partial charge in [-0.15, -0.1) is 0 Å². The zero-order valence-corrected chi connectivity index (χ0v) is 15.5. The maximum absolute atomic E-state index is 12.9. The molecule has 27 heavy (non-hydrogen) atoms. The summed E-state index contributed by atoms with van der Waals surface area (Å²) in [4.78, 5) is 17.7. The van der Waals surface area contributed by atoms with Gasteiger partial charge in [0.1, 0.15) is 0 Å². The molecule has 1 amide bonds. The molecule has 4 nitrogen and oxygen atoms in total. The van der Waals surface area contributed by atoms with Crippen molar-refractivity contribution in [2.75, 3.05) is 0 Å². The number of rotatable bonds is 6. The largest absolute Gasteiger partial charge is 0.272 e. The topological polar surface area (TPSA) is 54.4 Å². The highest BCUT2D eigenvalue weighted by Crippen LogP contribution is 2.40. The fraction of sp³-hybridized carbons (Fsp3) is 0.261. The molecule has 136 valence electrons. The first-order chi connectivity index (χ1) is 13.3. The number of amides is 1. The Bertz CT molecular complexity index is 991. The molecule has 0 bridgehead atoms. The number of aromatic nitrogens is 1. The number of para-hydroxylation sites is 1. The van der Waals surface area contributed by atoms with Crippen molar-refractivity contribution in [1.29, 1.82) is 0 Å². The monoisotopic (exact) mass is 357 g/mol. The molecule has 0 unspecified atom stereocenters. The van der Waals surface area contributed by atoms with E-state index >= 15 is 0 Å². The minimum atomic E-state index is -0.181. The van der Waals surface area contributed by atoms with E-state index in [1.54, 1.807) is 0 Å². The molecular formula is C23H23N3O. The smallest absolute Gasteiger partial charge is 0.267 e. The lowest BCUT2D eigenvalue weighted by Crippen LogP contribution is -2.21. The summed E-state index contributed by atoms with van der Waals surface area (Å²) in [5.74, 6) is 0.310. The van der Waals surface area contributed by atoms with Gasteiger partial charge in [0.25, 0.3) is 5.91 Å². The molecule has 1 aliphatic rings. The number of carbonyl (C=O) groups excluding carboxylic acids is 1. The summed E-state index contributed by atoms with van der Waals surface area (Å²) >= 11 is 0. The Kier molecular flexibility index (Phi) is 4.97. The Morgan fingerprint density at radius 1 is 1.11 bits per heavy atom. The molecule has 4 heteroatoms. The van der Waals surface area contributed by atoms with Crippen LogP contribution in [0.2, 0.25) is 0 Å². The number of fused-ring (bicyclic) bond motifs is 1. The number of hydrogen-bond acceptors (Lipinski definition) is 3. The number of benzene rings is 2. The number of hydrazone groups is 1. The van der Waals surface area contributed by atoms with Gasteiger partial charge in [0.2, 0.25) is 0 Å². The number of pyridine rings is 1. The van der Waals surface area contributed by atoms with Gasteiger partial charge < -0.3 is 0 Å². The Morgan fingerprint density at radius 2 is 1.85 bits per heavy atom. The first kappa shape index (κ1) is 17.4. The molecule has 1 fully saturated rings. The third kappa shape index (κ3) is 3.90. The molecule has 1 heterocycles. The number of hydrogen-bond donors (Lipinski definition) is 1. The molecule has 0 saturated heterocycles. The van der Waals surface area contributed by atoms with Crippen LogP contribution in [0, 0.1) is 0 Å². The Labute approximate surface area is 159 Å². The third-order valence-corrected chi connectivity index (χ3v) is 4.86. The van der Waals surface area contributed by atoms with E-state index in [2.05, 4.69) is 17.5 Å². The van der Waals surface area contributed by atoms with Gasteiger partial charge >= 0.3 is 0 Å². The van der Waals surface area contributed by atoms with Crippen molar-refractivity contribution >= 4 is 22.5 Å². The molecule has 3 aromatic rings. The van der Waals surface area contributed by atoms with Gasteiger partial charge in [0.05, 0.1) is 16.8 Å². The fourth-order valence-electron chi connectivity index (χ4n) is 3.28. The van der Waals surface area contributed by atoms with Crippen molar-refractivity contribution in [3.05, 3.63) is 77.5 Å². The average molecular weight is 357 g/mol. The second kappa shape index (κ2) is 7.70. The van der Waals surface area contributed by atoms with Crippen LogP contribution in [0.4, 0.5) is 0 Å². The van der Waals surface area contributed by atoms with Crippen LogP contribution in [0.3, 0.4) is 0 Å². The van der Waals surface area contributed by atoms with E-state index in [1.165, 1.54) is 0 Å². The fourth-order valence-corrected chi connectivity index (χ4v) is 3.28. The summed E-state index contributed by atoms with van der Waals surface area (Å²) in [6.07, 6.45) is 4.08. The molecule has 0 aliphatic heterocycles. The lowest BCUT2D eigenvalue weighted by molar-refractivity contribution is 0.0956. The lowest BCUT2D eigenvalue weighted by Gasteiger charge is -2.10. The van der Waals surface area contributed by atoms with Crippen LogP contribution in [0.25, 0.3) is 10.9 Å². The van der Waals surface area contributed by atoms with Gasteiger partial charge in [-0.2, -0.15) is 5.10 Å². The van der Waals surface area contributed by atoms with Crippen molar-refractivity contribution in [3.8, 4) is 0 Å². The van der Waals surface area contributed by atoms with E-state index in [1.807, 2.05) is 60.7 Å². The van der Waals surface area contributed by atoms with Crippen molar-refractivity contribution < 1.29 is 4.79 Å². The normalized spacial score (nSPS) is 14.3. The Balaban J connectivity index is 1.66. The van der Waals surface area contributed by atoms with E-state index in [0.29, 0.717) is 11.5 Å². The molecule has 4 rings (SSSR count). The predicted octanol–water partition coefficient (Wildman–Crippen LogP) is 5.05. The van der Waals surface area contributed by atoms with Crippen molar-refractivity contribution in [3.63, 3.8) is 0 Å². The van der Waals surface area contributed by atoms with Crippen LogP contribution < -0.4 is 5.43 Å². The number of nitrogens with one attached hydrogen (secondary N) is 1. The standard InChI is InChI=1S/C23H23N3O/c1-2-8-20(16-9-4-3-5-10-16)25-26-23(27)19-15-22(17-13-14-17)24-21-12-7-6-11-18(19)21/h3-7,9-12,15,17H,2,8,13-14H2,1H3,(H,26,27). The van der Waals surface area contributed by atoms with E-state index in [4.69, 9.17) is 4.98 Å². The van der Waals surface area contributed by atoms with Crippen molar-refractivity contribution in [2.24, 2.45) is 5.10 Å². The second-order valence-electron chi connectivity index (χ2n) is 7.00. The van der Waals surface area contributed by atoms with E-state index in [9.17, 15) is 4.79 Å². The van der Waals surface area contributed by atoms with E-state index < -0.39 is 0 Å². The van der Waals surface area contributed by atoms with Gasteiger partial charge in [-0.1, -0.05) is 61.9 Å². The second-order valence-corrected chi connectivity index (χ2v) is 7.00. The first-order valence-corrected chi connectivity index (χ1v) is 9.58. The third-order valence-electron chi connectivity index (χ3n) is 4.86. The summed E-state index contributed by atoms with van der Waals surface area (Å²) in [7, 11) is 0. The van der Waals surface area contributed by atoms with Crippen LogP contribution in [-0.2, 0) is 0 Å². The molecule has 1 N–H and O–H groups in total. The van der Waals surface area contributed by atoms with Crippen LogP contribution in [-0.4, -0.2) is 16.6 Å². The molecule has 1 saturated carbocycles. The van der Waals surface area contributed by atoms with Gasteiger partial charge in [-0.25, -0.2) is 5.43 Å². The predicted molar refractivity (Wildman–Crippen MR) is 109 cm³/mol. The molecular weight excluding hydrogens is 334 g/mol. The first-order valence-electron chi connectivity index (χ1n) is 9.58. The molecule has 1 aliphatic carbocycles. The average Bonchev–Trinajstić information content (AvgIpc) is 3.56. The minimum Gasteiger partial charge on any atom is -0.267 e. The number of carbonyl (C=O) groups is 1. The van der Waals surface area contributed by atoms with Crippen LogP contribution >= 0.6 is 0 Å². The zero-order chi connectivity index (χ0) is 18.6. The van der Waals surface area contributed by atoms with E-state index in [-0.39, 0.29) is 5.91 Å². The Morgan fingerprint density at radius 3 is 2.59 bits per heavy atom. The Hall–Kier alpha value is -3.01. The summed E-state index contributed by atoms with van der Waals surface area (Å²) in [6, 6.07) is 19.7. The van der Waals surface area contributed by atoms with Crippen molar-refractivity contribution in [1.82, 2.24) is 10.4 Å². The minimum absolute atomic E-state index is 0.181. The number of nitrogens with zero attached hydrogens (tertiary/aromatic N) is 2. The van der Waals surface area contributed by atoms with Crippen molar-refractivity contribution in [2.45, 2.75) is 38.5 Å². The van der Waals surface area contributed by atoms with Gasteiger partial charge in [0, 0.05) is 17.0 Å². The summed E-state index contributed by atoms with van der Waals surface area (Å²) in [6.45, 7) is 2.11. The maximum atomic E-state index is 12.9. The van der Waals surface area contributed by atoms with Crippen LogP contribution in [0.5, 0.6) is 0 Å². The summed E-state index contributed by atoms with van der Waals surface area (Å²) < 4.78 is 0. The molecule has 0 spiro atoms. The molecule has 2 aromatic carbocycles. The molecule has 0 radical (unpaired) electrons. The summed E-state index contributed by atoms with van der Waals surface area (Å²) in [5.41, 5.74) is 7.25. The highest BCUT2D eigenvalue weighted by atomic mass is 16.2. The van der Waals surface area contributed by atoms with Crippen LogP contribution in [0.15, 0.2) is 65.8 Å². The van der Waals surface area contributed by atoms with E-state index in [0.717, 1.165) is 53.6 Å². The van der Waals surface area contributed by atoms with Gasteiger partial charge in [-0.3, -0.25) is 9.78 Å². The zero-order valence-electron chi connectivity index (χ0n) is 15.5. The highest BCUT2D eigenvalue weighted by molar-refractivity contribution is 6.07. The van der Waals surface area contributed by atoms with Gasteiger partial charge in [0.15, 0.2) is 0 Å². The maximum Gasteiger partial charge on any atom is 0.272 e. The summed E-state index contributed by atoms with van der Waals surface area (Å²) in [5, 5.41) is 5.32.